The van der Waals surface area contributed by atoms with Gasteiger partial charge in [0.05, 0.1) is 19.2 Å². The molecule has 1 spiro atoms. The Hall–Kier alpha value is -2.15. The Balaban J connectivity index is 1.80. The number of methoxy groups -OCH3 is 1. The van der Waals surface area contributed by atoms with E-state index in [0.717, 1.165) is 29.1 Å². The highest BCUT2D eigenvalue weighted by Gasteiger charge is 2.52. The van der Waals surface area contributed by atoms with Gasteiger partial charge in [-0.2, -0.15) is 0 Å². The SMILES string of the molecule is COC[C@H](C)n1c(C)cc(C(=O)CN2C(=O)NC3(CCCC3)C2=O)c1C. The van der Waals surface area contributed by atoms with E-state index in [1.807, 2.05) is 26.8 Å². The van der Waals surface area contributed by atoms with E-state index >= 15 is 0 Å². The number of amides is 3. The average Bonchev–Trinajstić information content (AvgIpc) is 3.22. The summed E-state index contributed by atoms with van der Waals surface area (Å²) in [6.07, 6.45) is 3.16. The molecule has 1 atom stereocenters. The van der Waals surface area contributed by atoms with Crippen molar-refractivity contribution >= 4 is 17.7 Å². The van der Waals surface area contributed by atoms with Gasteiger partial charge in [0.2, 0.25) is 0 Å². The van der Waals surface area contributed by atoms with E-state index in [1.54, 1.807) is 7.11 Å². The van der Waals surface area contributed by atoms with Gasteiger partial charge in [0.25, 0.3) is 5.91 Å². The maximum Gasteiger partial charge on any atom is 0.325 e. The van der Waals surface area contributed by atoms with Gasteiger partial charge in [-0.05, 0) is 39.7 Å². The Labute approximate surface area is 153 Å². The number of nitrogens with zero attached hydrogens (tertiary/aromatic N) is 2. The van der Waals surface area contributed by atoms with Gasteiger partial charge in [-0.25, -0.2) is 4.79 Å². The first kappa shape index (κ1) is 18.6. The number of carbonyl (C=O) groups is 3. The van der Waals surface area contributed by atoms with Crippen molar-refractivity contribution in [2.75, 3.05) is 20.3 Å². The molecule has 2 fully saturated rings. The van der Waals surface area contributed by atoms with E-state index in [9.17, 15) is 14.4 Å². The van der Waals surface area contributed by atoms with E-state index in [1.165, 1.54) is 0 Å². The van der Waals surface area contributed by atoms with Crippen molar-refractivity contribution in [3.8, 4) is 0 Å². The summed E-state index contributed by atoms with van der Waals surface area (Å²) in [5, 5.41) is 2.82. The minimum atomic E-state index is -0.777. The second kappa shape index (κ2) is 6.87. The average molecular weight is 361 g/mol. The zero-order valence-corrected chi connectivity index (χ0v) is 15.9. The zero-order valence-electron chi connectivity index (χ0n) is 15.9. The highest BCUT2D eigenvalue weighted by molar-refractivity contribution is 6.11. The van der Waals surface area contributed by atoms with Crippen molar-refractivity contribution in [2.45, 2.75) is 58.0 Å². The number of ether oxygens (including phenoxy) is 1. The lowest BCUT2D eigenvalue weighted by Crippen LogP contribution is -2.44. The zero-order chi connectivity index (χ0) is 19.1. The van der Waals surface area contributed by atoms with Crippen molar-refractivity contribution < 1.29 is 19.1 Å². The van der Waals surface area contributed by atoms with E-state index < -0.39 is 11.6 Å². The summed E-state index contributed by atoms with van der Waals surface area (Å²) in [5.41, 5.74) is 1.57. The molecule has 0 radical (unpaired) electrons. The molecule has 1 aromatic rings. The number of hydrogen-bond acceptors (Lipinski definition) is 4. The van der Waals surface area contributed by atoms with Gasteiger partial charge >= 0.3 is 6.03 Å². The van der Waals surface area contributed by atoms with Gasteiger partial charge in [0, 0.05) is 24.1 Å². The molecule has 3 amide bonds. The number of carbonyl (C=O) groups excluding carboxylic acids is 3. The first-order valence-electron chi connectivity index (χ1n) is 9.15. The number of nitrogens with one attached hydrogen (secondary N) is 1. The van der Waals surface area contributed by atoms with Crippen LogP contribution in [0.4, 0.5) is 4.79 Å². The Morgan fingerprint density at radius 3 is 2.58 bits per heavy atom. The second-order valence-electron chi connectivity index (χ2n) is 7.49. The first-order valence-corrected chi connectivity index (χ1v) is 9.15. The molecule has 0 bridgehead atoms. The number of aryl methyl sites for hydroxylation is 1. The summed E-state index contributed by atoms with van der Waals surface area (Å²) in [7, 11) is 1.65. The van der Waals surface area contributed by atoms with Crippen LogP contribution in [-0.2, 0) is 9.53 Å². The summed E-state index contributed by atoms with van der Waals surface area (Å²) < 4.78 is 7.27. The molecule has 7 nitrogen and oxygen atoms in total. The predicted octanol–water partition coefficient (Wildman–Crippen LogP) is 2.36. The van der Waals surface area contributed by atoms with Crippen LogP contribution in [0, 0.1) is 13.8 Å². The van der Waals surface area contributed by atoms with Gasteiger partial charge in [0.1, 0.15) is 5.54 Å². The molecular weight excluding hydrogens is 334 g/mol. The van der Waals surface area contributed by atoms with Gasteiger partial charge in [-0.3, -0.25) is 14.5 Å². The van der Waals surface area contributed by atoms with Crippen molar-refractivity contribution in [1.29, 1.82) is 0 Å². The third-order valence-corrected chi connectivity index (χ3v) is 5.64. The molecule has 7 heteroatoms. The maximum atomic E-state index is 12.8. The van der Waals surface area contributed by atoms with Gasteiger partial charge < -0.3 is 14.6 Å². The van der Waals surface area contributed by atoms with Crippen molar-refractivity contribution in [3.63, 3.8) is 0 Å². The lowest BCUT2D eigenvalue weighted by molar-refractivity contribution is -0.130. The fourth-order valence-electron chi connectivity index (χ4n) is 4.42. The van der Waals surface area contributed by atoms with Crippen molar-refractivity contribution in [2.24, 2.45) is 0 Å². The Kier molecular flexibility index (Phi) is 4.92. The van der Waals surface area contributed by atoms with Crippen LogP contribution in [0.2, 0.25) is 0 Å². The van der Waals surface area contributed by atoms with Crippen molar-refractivity contribution in [1.82, 2.24) is 14.8 Å². The fraction of sp³-hybridized carbons (Fsp3) is 0.632. The minimum Gasteiger partial charge on any atom is -0.383 e. The molecule has 0 aromatic carbocycles. The van der Waals surface area contributed by atoms with Crippen LogP contribution in [0.1, 0.15) is 60.4 Å². The van der Waals surface area contributed by atoms with E-state index in [0.29, 0.717) is 25.0 Å². The molecule has 3 rings (SSSR count). The predicted molar refractivity (Wildman–Crippen MR) is 96.3 cm³/mol. The van der Waals surface area contributed by atoms with Crippen molar-refractivity contribution in [3.05, 3.63) is 23.0 Å². The summed E-state index contributed by atoms with van der Waals surface area (Å²) in [6.45, 7) is 6.18. The first-order chi connectivity index (χ1) is 12.3. The molecule has 1 aromatic heterocycles. The Morgan fingerprint density at radius 2 is 1.96 bits per heavy atom. The number of aromatic nitrogens is 1. The summed E-state index contributed by atoms with van der Waals surface area (Å²) in [5.74, 6) is -0.470. The largest absolute Gasteiger partial charge is 0.383 e. The third kappa shape index (κ3) is 2.94. The fourth-order valence-corrected chi connectivity index (χ4v) is 4.42. The monoisotopic (exact) mass is 361 g/mol. The number of hydrogen-bond donors (Lipinski definition) is 1. The van der Waals surface area contributed by atoms with Crippen LogP contribution in [0.5, 0.6) is 0 Å². The van der Waals surface area contributed by atoms with Gasteiger partial charge in [-0.15, -0.1) is 0 Å². The van der Waals surface area contributed by atoms with Crippen LogP contribution in [0.15, 0.2) is 6.07 Å². The summed E-state index contributed by atoms with van der Waals surface area (Å²) in [4.78, 5) is 38.9. The lowest BCUT2D eigenvalue weighted by atomic mass is 9.98. The highest BCUT2D eigenvalue weighted by atomic mass is 16.5. The van der Waals surface area contributed by atoms with E-state index in [2.05, 4.69) is 9.88 Å². The number of Topliss-reactive ketones (excluding diaryl/α,β-unsaturated/α-hetero) is 1. The molecule has 1 aliphatic heterocycles. The molecule has 1 N–H and O–H groups in total. The van der Waals surface area contributed by atoms with E-state index in [-0.39, 0.29) is 24.3 Å². The molecule has 2 heterocycles. The smallest absolute Gasteiger partial charge is 0.325 e. The second-order valence-corrected chi connectivity index (χ2v) is 7.49. The van der Waals surface area contributed by atoms with Crippen LogP contribution in [0.25, 0.3) is 0 Å². The molecule has 1 saturated heterocycles. The van der Waals surface area contributed by atoms with Crippen LogP contribution in [-0.4, -0.2) is 53.0 Å². The minimum absolute atomic E-state index is 0.0972. The Morgan fingerprint density at radius 1 is 1.31 bits per heavy atom. The number of ketones is 1. The van der Waals surface area contributed by atoms with Crippen LogP contribution < -0.4 is 5.32 Å². The van der Waals surface area contributed by atoms with Gasteiger partial charge in [-0.1, -0.05) is 12.8 Å². The maximum absolute atomic E-state index is 12.8. The summed E-state index contributed by atoms with van der Waals surface area (Å²) >= 11 is 0. The standard InChI is InChI=1S/C19H27N3O4/c1-12-9-15(14(3)22(12)13(2)11-26-4)16(23)10-21-17(24)19(20-18(21)25)7-5-6-8-19/h9,13H,5-8,10-11H2,1-4H3,(H,20,25)/t13-/m0/s1. The number of imide groups is 1. The van der Waals surface area contributed by atoms with Gasteiger partial charge in [0.15, 0.2) is 5.78 Å². The van der Waals surface area contributed by atoms with Crippen LogP contribution >= 0.6 is 0 Å². The molecule has 142 valence electrons. The molecule has 26 heavy (non-hydrogen) atoms. The molecule has 2 aliphatic rings. The normalized spacial score (nSPS) is 20.1. The van der Waals surface area contributed by atoms with E-state index in [4.69, 9.17) is 4.74 Å². The van der Waals surface area contributed by atoms with Crippen LogP contribution in [0.3, 0.4) is 0 Å². The lowest BCUT2D eigenvalue weighted by Gasteiger charge is -2.20. The molecule has 1 saturated carbocycles. The number of urea groups is 1. The topological polar surface area (TPSA) is 80.6 Å². The quantitative estimate of drug-likeness (QED) is 0.623. The number of rotatable bonds is 6. The molecular formula is C19H27N3O4. The summed E-state index contributed by atoms with van der Waals surface area (Å²) in [6, 6.07) is 1.47. The Bertz CT molecular complexity index is 746. The third-order valence-electron chi connectivity index (χ3n) is 5.64. The molecule has 1 aliphatic carbocycles. The molecule has 0 unspecified atom stereocenters. The highest BCUT2D eigenvalue weighted by Crippen LogP contribution is 2.35.